The van der Waals surface area contributed by atoms with Crippen LogP contribution in [0, 0.1) is 12.8 Å². The van der Waals surface area contributed by atoms with Gasteiger partial charge in [0.15, 0.2) is 0 Å². The predicted molar refractivity (Wildman–Crippen MR) is 90.1 cm³/mol. The Morgan fingerprint density at radius 1 is 1.22 bits per heavy atom. The largest absolute Gasteiger partial charge is 0.347 e. The molecule has 0 atom stereocenters. The minimum Gasteiger partial charge on any atom is -0.347 e. The van der Waals surface area contributed by atoms with Crippen molar-refractivity contribution in [2.24, 2.45) is 5.92 Å². The molecule has 1 aliphatic heterocycles. The van der Waals surface area contributed by atoms with Crippen LogP contribution in [0.25, 0.3) is 0 Å². The molecular formula is C16H21N5OS. The molecule has 2 aromatic rings. The first-order valence-corrected chi connectivity index (χ1v) is 9.10. The van der Waals surface area contributed by atoms with Gasteiger partial charge in [0.25, 0.3) is 5.56 Å². The molecule has 4 rings (SSSR count). The van der Waals surface area contributed by atoms with Gasteiger partial charge >= 0.3 is 0 Å². The molecule has 1 saturated heterocycles. The highest BCUT2D eigenvalue weighted by Gasteiger charge is 2.26. The van der Waals surface area contributed by atoms with Crippen LogP contribution in [0.1, 0.15) is 43.1 Å². The van der Waals surface area contributed by atoms with Crippen LogP contribution in [0.15, 0.2) is 16.9 Å². The average Bonchev–Trinajstić information content (AvgIpc) is 3.32. The number of piperidine rings is 1. The maximum atomic E-state index is 12.1. The number of nitrogens with zero attached hydrogens (tertiary/aromatic N) is 5. The standard InChI is InChI=1S/C16H21N5OS/c1-11-17-16(23-19-11)20-8-6-12(7-9-20)10-21-15(22)5-4-14(18-21)13-2-3-13/h4-5,12-13H,2-3,6-10H2,1H3. The fourth-order valence-corrected chi connectivity index (χ4v) is 3.88. The molecule has 6 nitrogen and oxygen atoms in total. The molecular weight excluding hydrogens is 310 g/mol. The second kappa shape index (κ2) is 6.03. The minimum atomic E-state index is 0.0246. The normalized spacial score (nSPS) is 19.3. The molecule has 0 spiro atoms. The molecule has 2 fully saturated rings. The summed E-state index contributed by atoms with van der Waals surface area (Å²) in [6.45, 7) is 4.63. The summed E-state index contributed by atoms with van der Waals surface area (Å²) in [5.41, 5.74) is 1.11. The lowest BCUT2D eigenvalue weighted by Gasteiger charge is -2.31. The highest BCUT2D eigenvalue weighted by molar-refractivity contribution is 7.09. The van der Waals surface area contributed by atoms with Crippen molar-refractivity contribution >= 4 is 16.7 Å². The van der Waals surface area contributed by atoms with E-state index in [-0.39, 0.29) is 5.56 Å². The number of hydrogen-bond donors (Lipinski definition) is 0. The maximum Gasteiger partial charge on any atom is 0.266 e. The summed E-state index contributed by atoms with van der Waals surface area (Å²) in [5.74, 6) is 1.95. The molecule has 3 heterocycles. The van der Waals surface area contributed by atoms with Crippen LogP contribution >= 0.6 is 11.5 Å². The molecule has 23 heavy (non-hydrogen) atoms. The van der Waals surface area contributed by atoms with Gasteiger partial charge in [-0.2, -0.15) is 9.47 Å². The monoisotopic (exact) mass is 331 g/mol. The van der Waals surface area contributed by atoms with Crippen molar-refractivity contribution in [3.63, 3.8) is 0 Å². The third-order valence-electron chi connectivity index (χ3n) is 4.72. The van der Waals surface area contributed by atoms with Crippen molar-refractivity contribution in [1.82, 2.24) is 19.1 Å². The van der Waals surface area contributed by atoms with Gasteiger partial charge in [-0.25, -0.2) is 9.67 Å². The number of anilines is 1. The Balaban J connectivity index is 1.39. The highest BCUT2D eigenvalue weighted by atomic mass is 32.1. The van der Waals surface area contributed by atoms with E-state index in [9.17, 15) is 4.79 Å². The Hall–Kier alpha value is -1.76. The zero-order valence-electron chi connectivity index (χ0n) is 13.3. The van der Waals surface area contributed by atoms with Crippen molar-refractivity contribution in [2.45, 2.75) is 45.1 Å². The quantitative estimate of drug-likeness (QED) is 0.859. The predicted octanol–water partition coefficient (Wildman–Crippen LogP) is 2.20. The summed E-state index contributed by atoms with van der Waals surface area (Å²) >= 11 is 1.47. The van der Waals surface area contributed by atoms with Crippen molar-refractivity contribution in [3.8, 4) is 0 Å². The van der Waals surface area contributed by atoms with Crippen molar-refractivity contribution in [3.05, 3.63) is 34.0 Å². The van der Waals surface area contributed by atoms with Crippen molar-refractivity contribution in [1.29, 1.82) is 0 Å². The van der Waals surface area contributed by atoms with Gasteiger partial charge < -0.3 is 4.90 Å². The first-order valence-electron chi connectivity index (χ1n) is 8.32. The molecule has 0 radical (unpaired) electrons. The molecule has 0 N–H and O–H groups in total. The molecule has 0 unspecified atom stereocenters. The highest BCUT2D eigenvalue weighted by Crippen LogP contribution is 2.38. The Labute approximate surface area is 139 Å². The van der Waals surface area contributed by atoms with Crippen LogP contribution in [0.4, 0.5) is 5.13 Å². The third-order valence-corrected chi connectivity index (χ3v) is 5.58. The number of rotatable bonds is 4. The van der Waals surface area contributed by atoms with Gasteiger partial charge in [-0.05, 0) is 44.6 Å². The number of aromatic nitrogens is 4. The van der Waals surface area contributed by atoms with E-state index in [2.05, 4.69) is 19.4 Å². The molecule has 1 saturated carbocycles. The van der Waals surface area contributed by atoms with E-state index >= 15 is 0 Å². The Morgan fingerprint density at radius 2 is 2.00 bits per heavy atom. The van der Waals surface area contributed by atoms with E-state index in [1.807, 2.05) is 13.0 Å². The smallest absolute Gasteiger partial charge is 0.266 e. The molecule has 7 heteroatoms. The van der Waals surface area contributed by atoms with E-state index < -0.39 is 0 Å². The van der Waals surface area contributed by atoms with Crippen molar-refractivity contribution < 1.29 is 0 Å². The van der Waals surface area contributed by atoms with Crippen LogP contribution in [-0.4, -0.2) is 32.2 Å². The van der Waals surface area contributed by atoms with Gasteiger partial charge in [-0.15, -0.1) is 0 Å². The van der Waals surface area contributed by atoms with Crippen LogP contribution in [0.3, 0.4) is 0 Å². The van der Waals surface area contributed by atoms with Gasteiger partial charge in [0, 0.05) is 43.2 Å². The summed E-state index contributed by atoms with van der Waals surface area (Å²) in [4.78, 5) is 18.8. The van der Waals surface area contributed by atoms with Crippen LogP contribution in [0.2, 0.25) is 0 Å². The number of aryl methyl sites for hydroxylation is 1. The van der Waals surface area contributed by atoms with Gasteiger partial charge in [0.2, 0.25) is 5.13 Å². The lowest BCUT2D eigenvalue weighted by atomic mass is 9.97. The van der Waals surface area contributed by atoms with Crippen molar-refractivity contribution in [2.75, 3.05) is 18.0 Å². The molecule has 0 aromatic carbocycles. The lowest BCUT2D eigenvalue weighted by Crippen LogP contribution is -2.36. The summed E-state index contributed by atoms with van der Waals surface area (Å²) < 4.78 is 5.94. The van der Waals surface area contributed by atoms with E-state index in [0.29, 0.717) is 11.8 Å². The fourth-order valence-electron chi connectivity index (χ4n) is 3.16. The molecule has 0 amide bonds. The zero-order chi connectivity index (χ0) is 15.8. The van der Waals surface area contributed by atoms with E-state index in [0.717, 1.165) is 49.1 Å². The molecule has 122 valence electrons. The summed E-state index contributed by atoms with van der Waals surface area (Å²) in [6.07, 6.45) is 4.57. The molecule has 2 aromatic heterocycles. The Bertz CT molecular complexity index is 743. The Morgan fingerprint density at radius 3 is 2.65 bits per heavy atom. The van der Waals surface area contributed by atoms with E-state index in [4.69, 9.17) is 0 Å². The summed E-state index contributed by atoms with van der Waals surface area (Å²) in [5, 5.41) is 5.60. The van der Waals surface area contributed by atoms with Gasteiger partial charge in [0.05, 0.1) is 5.69 Å². The van der Waals surface area contributed by atoms with Crippen LogP contribution in [0.5, 0.6) is 0 Å². The topological polar surface area (TPSA) is 63.9 Å². The van der Waals surface area contributed by atoms with Crippen LogP contribution in [-0.2, 0) is 6.54 Å². The summed E-state index contributed by atoms with van der Waals surface area (Å²) in [7, 11) is 0. The zero-order valence-corrected chi connectivity index (χ0v) is 14.1. The fraction of sp³-hybridized carbons (Fsp3) is 0.625. The lowest BCUT2D eigenvalue weighted by molar-refractivity contribution is 0.333. The molecule has 2 aliphatic rings. The molecule has 1 aliphatic carbocycles. The van der Waals surface area contributed by atoms with Gasteiger partial charge in [0.1, 0.15) is 5.82 Å². The van der Waals surface area contributed by atoms with Crippen LogP contribution < -0.4 is 10.5 Å². The number of hydrogen-bond acceptors (Lipinski definition) is 6. The minimum absolute atomic E-state index is 0.0246. The summed E-state index contributed by atoms with van der Waals surface area (Å²) in [6, 6.07) is 3.58. The van der Waals surface area contributed by atoms with Gasteiger partial charge in [-0.3, -0.25) is 4.79 Å². The Kier molecular flexibility index (Phi) is 3.88. The second-order valence-electron chi connectivity index (χ2n) is 6.61. The second-order valence-corrected chi connectivity index (χ2v) is 7.34. The first-order chi connectivity index (χ1) is 11.2. The van der Waals surface area contributed by atoms with E-state index in [1.165, 1.54) is 24.4 Å². The maximum absolute atomic E-state index is 12.1. The van der Waals surface area contributed by atoms with E-state index in [1.54, 1.807) is 10.7 Å². The SMILES string of the molecule is Cc1nsc(N2CCC(Cn3nc(C4CC4)ccc3=O)CC2)n1. The third kappa shape index (κ3) is 3.29. The van der Waals surface area contributed by atoms with Gasteiger partial charge in [-0.1, -0.05) is 0 Å². The average molecular weight is 331 g/mol. The molecule has 0 bridgehead atoms. The first kappa shape index (κ1) is 14.8.